The van der Waals surface area contributed by atoms with E-state index in [0.29, 0.717) is 24.3 Å². The molecular weight excluding hydrogens is 262 g/mol. The van der Waals surface area contributed by atoms with E-state index >= 15 is 0 Å². The minimum atomic E-state index is 0.317. The average Bonchev–Trinajstić information content (AvgIpc) is 2.98. The second kappa shape index (κ2) is 4.90. The maximum Gasteiger partial charge on any atom is 0.222 e. The second-order valence-electron chi connectivity index (χ2n) is 6.30. The third kappa shape index (κ3) is 1.98. The Morgan fingerprint density at radius 1 is 1.38 bits per heavy atom. The molecule has 2 aliphatic rings. The molecule has 2 atom stereocenters. The van der Waals surface area contributed by atoms with Crippen molar-refractivity contribution in [1.29, 1.82) is 0 Å². The number of carbonyl (C=O) groups excluding carboxylic acids is 1. The van der Waals surface area contributed by atoms with Gasteiger partial charge in [-0.3, -0.25) is 4.79 Å². The Balaban J connectivity index is 1.75. The van der Waals surface area contributed by atoms with Gasteiger partial charge in [-0.2, -0.15) is 0 Å². The first-order valence-corrected chi connectivity index (χ1v) is 8.07. The minimum absolute atomic E-state index is 0.317. The molecule has 1 amide bonds. The lowest BCUT2D eigenvalue weighted by molar-refractivity contribution is -0.135. The molecular formula is C18H21NO2. The van der Waals surface area contributed by atoms with Gasteiger partial charge in [0.15, 0.2) is 0 Å². The van der Waals surface area contributed by atoms with Gasteiger partial charge in [0.25, 0.3) is 0 Å². The van der Waals surface area contributed by atoms with Crippen LogP contribution in [0.5, 0.6) is 0 Å². The summed E-state index contributed by atoms with van der Waals surface area (Å²) in [4.78, 5) is 14.4. The quantitative estimate of drug-likeness (QED) is 0.796. The number of aryl methyl sites for hydroxylation is 1. The van der Waals surface area contributed by atoms with Crippen LogP contribution in [-0.4, -0.2) is 23.4 Å². The maximum atomic E-state index is 12.2. The van der Waals surface area contributed by atoms with Crippen molar-refractivity contribution in [3.63, 3.8) is 0 Å². The van der Waals surface area contributed by atoms with E-state index in [2.05, 4.69) is 17.0 Å². The van der Waals surface area contributed by atoms with Gasteiger partial charge in [0.2, 0.25) is 5.91 Å². The zero-order chi connectivity index (χ0) is 14.4. The van der Waals surface area contributed by atoms with Gasteiger partial charge in [0, 0.05) is 30.3 Å². The van der Waals surface area contributed by atoms with E-state index in [0.717, 1.165) is 31.4 Å². The highest BCUT2D eigenvalue weighted by Gasteiger charge is 2.38. The smallest absolute Gasteiger partial charge is 0.222 e. The molecule has 0 N–H and O–H groups in total. The van der Waals surface area contributed by atoms with Gasteiger partial charge in [-0.05, 0) is 55.0 Å². The Bertz CT molecular complexity index is 688. The molecule has 0 spiro atoms. The highest BCUT2D eigenvalue weighted by atomic mass is 16.3. The number of hydrogen-bond donors (Lipinski definition) is 0. The minimum Gasteiger partial charge on any atom is -0.464 e. The molecule has 0 radical (unpaired) electrons. The molecule has 0 saturated carbocycles. The van der Waals surface area contributed by atoms with Crippen LogP contribution in [0.25, 0.3) is 11.0 Å². The molecule has 2 aromatic rings. The fraction of sp³-hybridized carbons (Fsp3) is 0.500. The molecule has 1 aromatic carbocycles. The predicted octanol–water partition coefficient (Wildman–Crippen LogP) is 3.86. The summed E-state index contributed by atoms with van der Waals surface area (Å²) in [5.74, 6) is 0.829. The summed E-state index contributed by atoms with van der Waals surface area (Å²) in [5.41, 5.74) is 3.86. The summed E-state index contributed by atoms with van der Waals surface area (Å²) in [6.07, 6.45) is 6.86. The van der Waals surface area contributed by atoms with Gasteiger partial charge in [-0.25, -0.2) is 0 Å². The van der Waals surface area contributed by atoms with E-state index in [1.807, 2.05) is 13.0 Å². The lowest BCUT2D eigenvalue weighted by Gasteiger charge is -2.45. The number of likely N-dealkylation sites (tertiary alicyclic amines) is 1. The summed E-state index contributed by atoms with van der Waals surface area (Å²) < 4.78 is 5.53. The molecule has 1 aliphatic heterocycles. The van der Waals surface area contributed by atoms with Crippen LogP contribution in [0, 0.1) is 0 Å². The number of fused-ring (bicyclic) bond motifs is 4. The van der Waals surface area contributed by atoms with Crippen molar-refractivity contribution in [1.82, 2.24) is 4.90 Å². The number of carbonyl (C=O) groups is 1. The van der Waals surface area contributed by atoms with Crippen LogP contribution in [0.3, 0.4) is 0 Å². The summed E-state index contributed by atoms with van der Waals surface area (Å²) in [6.45, 7) is 2.91. The van der Waals surface area contributed by atoms with Crippen molar-refractivity contribution < 1.29 is 9.21 Å². The lowest BCUT2D eigenvalue weighted by atomic mass is 9.74. The molecule has 1 aliphatic carbocycles. The summed E-state index contributed by atoms with van der Waals surface area (Å²) in [6, 6.07) is 6.95. The monoisotopic (exact) mass is 283 g/mol. The van der Waals surface area contributed by atoms with E-state index in [9.17, 15) is 4.79 Å². The Morgan fingerprint density at radius 3 is 3.14 bits per heavy atom. The van der Waals surface area contributed by atoms with Gasteiger partial charge in [0.05, 0.1) is 6.26 Å². The number of hydrogen-bond acceptors (Lipinski definition) is 2. The maximum absolute atomic E-state index is 12.2. The summed E-state index contributed by atoms with van der Waals surface area (Å²) in [7, 11) is 0. The zero-order valence-corrected chi connectivity index (χ0v) is 12.5. The SMILES string of the molecule is CCC(=O)N1CCC[C@@H]2c3cc4ccoc4cc3CC[C@H]21. The van der Waals surface area contributed by atoms with Crippen LogP contribution in [0.1, 0.15) is 49.7 Å². The normalized spacial score (nSPS) is 24.7. The molecule has 4 rings (SSSR count). The Hall–Kier alpha value is -1.77. The molecule has 0 bridgehead atoms. The fourth-order valence-electron chi connectivity index (χ4n) is 4.22. The summed E-state index contributed by atoms with van der Waals surface area (Å²) in [5, 5.41) is 1.19. The van der Waals surface area contributed by atoms with E-state index < -0.39 is 0 Å². The molecule has 1 fully saturated rings. The zero-order valence-electron chi connectivity index (χ0n) is 12.5. The van der Waals surface area contributed by atoms with Crippen LogP contribution in [0.15, 0.2) is 28.9 Å². The number of amides is 1. The van der Waals surface area contributed by atoms with Crippen molar-refractivity contribution in [3.8, 4) is 0 Å². The van der Waals surface area contributed by atoms with Crippen LogP contribution in [0.2, 0.25) is 0 Å². The Labute approximate surface area is 124 Å². The number of rotatable bonds is 1. The molecule has 110 valence electrons. The van der Waals surface area contributed by atoms with Crippen molar-refractivity contribution in [2.24, 2.45) is 0 Å². The number of furan rings is 1. The van der Waals surface area contributed by atoms with Crippen LogP contribution in [0.4, 0.5) is 0 Å². The van der Waals surface area contributed by atoms with E-state index in [1.165, 1.54) is 22.9 Å². The van der Waals surface area contributed by atoms with Crippen molar-refractivity contribution in [2.45, 2.75) is 51.0 Å². The first-order chi connectivity index (χ1) is 10.3. The van der Waals surface area contributed by atoms with E-state index in [4.69, 9.17) is 4.42 Å². The predicted molar refractivity (Wildman–Crippen MR) is 82.3 cm³/mol. The molecule has 1 saturated heterocycles. The lowest BCUT2D eigenvalue weighted by Crippen LogP contribution is -2.49. The first kappa shape index (κ1) is 12.9. The summed E-state index contributed by atoms with van der Waals surface area (Å²) >= 11 is 0. The van der Waals surface area contributed by atoms with E-state index in [-0.39, 0.29) is 0 Å². The van der Waals surface area contributed by atoms with Gasteiger partial charge in [-0.15, -0.1) is 0 Å². The second-order valence-corrected chi connectivity index (χ2v) is 6.30. The van der Waals surface area contributed by atoms with Crippen LogP contribution >= 0.6 is 0 Å². The number of nitrogens with zero attached hydrogens (tertiary/aromatic N) is 1. The highest BCUT2D eigenvalue weighted by Crippen LogP contribution is 2.42. The van der Waals surface area contributed by atoms with Crippen LogP contribution in [-0.2, 0) is 11.2 Å². The van der Waals surface area contributed by atoms with Gasteiger partial charge >= 0.3 is 0 Å². The average molecular weight is 283 g/mol. The van der Waals surface area contributed by atoms with Crippen molar-refractivity contribution in [2.75, 3.05) is 6.54 Å². The van der Waals surface area contributed by atoms with Gasteiger partial charge in [0.1, 0.15) is 5.58 Å². The first-order valence-electron chi connectivity index (χ1n) is 8.07. The molecule has 2 heterocycles. The number of piperidine rings is 1. The van der Waals surface area contributed by atoms with Crippen molar-refractivity contribution >= 4 is 16.9 Å². The van der Waals surface area contributed by atoms with Gasteiger partial charge in [-0.1, -0.05) is 6.92 Å². The van der Waals surface area contributed by atoms with Crippen molar-refractivity contribution in [3.05, 3.63) is 35.6 Å². The molecule has 3 nitrogen and oxygen atoms in total. The molecule has 21 heavy (non-hydrogen) atoms. The topological polar surface area (TPSA) is 33.5 Å². The Morgan fingerprint density at radius 2 is 2.29 bits per heavy atom. The standard InChI is InChI=1S/C18H21NO2/c1-2-18(20)19-8-3-4-14-15-10-13-7-9-21-17(13)11-12(15)5-6-16(14)19/h7,9-11,14,16H,2-6,8H2,1H3/t14-,16-/m1/s1. The molecule has 0 unspecified atom stereocenters. The third-order valence-corrected chi connectivity index (χ3v) is 5.22. The molecule has 3 heteroatoms. The largest absolute Gasteiger partial charge is 0.464 e. The van der Waals surface area contributed by atoms with Crippen LogP contribution < -0.4 is 0 Å². The molecule has 1 aromatic heterocycles. The van der Waals surface area contributed by atoms with Gasteiger partial charge < -0.3 is 9.32 Å². The number of benzene rings is 1. The fourth-order valence-corrected chi connectivity index (χ4v) is 4.22. The third-order valence-electron chi connectivity index (χ3n) is 5.22. The highest BCUT2D eigenvalue weighted by molar-refractivity contribution is 5.80. The van der Waals surface area contributed by atoms with E-state index in [1.54, 1.807) is 6.26 Å². The Kier molecular flexibility index (Phi) is 3.02.